The van der Waals surface area contributed by atoms with Gasteiger partial charge < -0.3 is 9.15 Å². The van der Waals surface area contributed by atoms with Crippen LogP contribution in [0.1, 0.15) is 17.3 Å². The van der Waals surface area contributed by atoms with Crippen molar-refractivity contribution in [3.05, 3.63) is 84.4 Å². The standard InChI is InChI=1S/C24H20N2O3S/c1-2-28-21-14-12-20(13-15-21)23-25-26-24(29-23)30-16-22(27)19-10-8-18(9-11-19)17-6-4-3-5-7-17/h3-15H,2,16H2,1H3. The molecule has 30 heavy (non-hydrogen) atoms. The Morgan fingerprint density at radius 1 is 0.867 bits per heavy atom. The predicted molar refractivity (Wildman–Crippen MR) is 118 cm³/mol. The van der Waals surface area contributed by atoms with Gasteiger partial charge in [-0.3, -0.25) is 4.79 Å². The highest BCUT2D eigenvalue weighted by molar-refractivity contribution is 7.99. The molecule has 0 aliphatic carbocycles. The van der Waals surface area contributed by atoms with Gasteiger partial charge in [0.2, 0.25) is 5.89 Å². The van der Waals surface area contributed by atoms with Crippen LogP contribution in [0, 0.1) is 0 Å². The van der Waals surface area contributed by atoms with E-state index in [4.69, 9.17) is 9.15 Å². The van der Waals surface area contributed by atoms with E-state index in [2.05, 4.69) is 10.2 Å². The number of aromatic nitrogens is 2. The summed E-state index contributed by atoms with van der Waals surface area (Å²) in [6, 6.07) is 25.2. The molecule has 0 saturated carbocycles. The number of rotatable bonds is 8. The lowest BCUT2D eigenvalue weighted by Crippen LogP contribution is -2.02. The normalized spacial score (nSPS) is 10.7. The largest absolute Gasteiger partial charge is 0.494 e. The summed E-state index contributed by atoms with van der Waals surface area (Å²) in [4.78, 5) is 12.5. The van der Waals surface area contributed by atoms with E-state index in [0.717, 1.165) is 22.4 Å². The Morgan fingerprint density at radius 2 is 1.53 bits per heavy atom. The van der Waals surface area contributed by atoms with Crippen molar-refractivity contribution in [2.75, 3.05) is 12.4 Å². The highest BCUT2D eigenvalue weighted by Gasteiger charge is 2.13. The van der Waals surface area contributed by atoms with Crippen LogP contribution < -0.4 is 4.74 Å². The van der Waals surface area contributed by atoms with Gasteiger partial charge in [-0.25, -0.2) is 0 Å². The third kappa shape index (κ3) is 4.78. The molecule has 3 aromatic carbocycles. The van der Waals surface area contributed by atoms with Gasteiger partial charge in [-0.15, -0.1) is 10.2 Å². The molecule has 5 nitrogen and oxygen atoms in total. The minimum Gasteiger partial charge on any atom is -0.494 e. The van der Waals surface area contributed by atoms with Gasteiger partial charge in [-0.1, -0.05) is 66.4 Å². The van der Waals surface area contributed by atoms with Crippen LogP contribution in [-0.4, -0.2) is 28.3 Å². The number of Topliss-reactive ketones (excluding diaryl/α,β-unsaturated/α-hetero) is 1. The number of nitrogens with zero attached hydrogens (tertiary/aromatic N) is 2. The monoisotopic (exact) mass is 416 g/mol. The van der Waals surface area contributed by atoms with Gasteiger partial charge in [-0.05, 0) is 42.3 Å². The highest BCUT2D eigenvalue weighted by Crippen LogP contribution is 2.26. The molecule has 0 fully saturated rings. The van der Waals surface area contributed by atoms with Gasteiger partial charge in [0.1, 0.15) is 5.75 Å². The number of ether oxygens (including phenoxy) is 1. The van der Waals surface area contributed by atoms with Crippen molar-refractivity contribution in [3.8, 4) is 28.3 Å². The summed E-state index contributed by atoms with van der Waals surface area (Å²) in [5.74, 6) is 1.45. The lowest BCUT2D eigenvalue weighted by atomic mass is 10.0. The number of hydrogen-bond acceptors (Lipinski definition) is 6. The highest BCUT2D eigenvalue weighted by atomic mass is 32.2. The molecule has 0 aliphatic rings. The molecule has 0 amide bonds. The van der Waals surface area contributed by atoms with Gasteiger partial charge in [0.05, 0.1) is 12.4 Å². The van der Waals surface area contributed by atoms with E-state index in [-0.39, 0.29) is 11.5 Å². The van der Waals surface area contributed by atoms with Crippen LogP contribution >= 0.6 is 11.8 Å². The molecular formula is C24H20N2O3S. The van der Waals surface area contributed by atoms with E-state index in [1.807, 2.05) is 85.8 Å². The Bertz CT molecular complexity index is 1110. The molecule has 0 N–H and O–H groups in total. The zero-order valence-electron chi connectivity index (χ0n) is 16.4. The molecule has 0 atom stereocenters. The van der Waals surface area contributed by atoms with Crippen LogP contribution in [0.5, 0.6) is 5.75 Å². The van der Waals surface area contributed by atoms with E-state index < -0.39 is 0 Å². The average molecular weight is 417 g/mol. The maximum absolute atomic E-state index is 12.5. The number of carbonyl (C=O) groups excluding carboxylic acids is 1. The first-order valence-corrected chi connectivity index (χ1v) is 10.6. The van der Waals surface area contributed by atoms with E-state index in [1.165, 1.54) is 11.8 Å². The summed E-state index contributed by atoms with van der Waals surface area (Å²) in [6.07, 6.45) is 0. The van der Waals surface area contributed by atoms with Crippen molar-refractivity contribution in [1.29, 1.82) is 0 Å². The first kappa shape index (κ1) is 19.9. The third-order valence-electron chi connectivity index (χ3n) is 4.46. The fourth-order valence-corrected chi connectivity index (χ4v) is 3.59. The van der Waals surface area contributed by atoms with Gasteiger partial charge in [0.15, 0.2) is 5.78 Å². The van der Waals surface area contributed by atoms with Crippen molar-refractivity contribution in [3.63, 3.8) is 0 Å². The molecule has 4 rings (SSSR count). The summed E-state index contributed by atoms with van der Waals surface area (Å²) in [5.41, 5.74) is 3.67. The summed E-state index contributed by atoms with van der Waals surface area (Å²) in [5, 5.41) is 8.47. The fraction of sp³-hybridized carbons (Fsp3) is 0.125. The number of ketones is 1. The van der Waals surface area contributed by atoms with Crippen LogP contribution in [0.15, 0.2) is 88.5 Å². The van der Waals surface area contributed by atoms with Crippen LogP contribution in [-0.2, 0) is 0 Å². The molecule has 1 aromatic heterocycles. The molecule has 4 aromatic rings. The number of hydrogen-bond donors (Lipinski definition) is 0. The SMILES string of the molecule is CCOc1ccc(-c2nnc(SCC(=O)c3ccc(-c4ccccc4)cc3)o2)cc1. The third-order valence-corrected chi connectivity index (χ3v) is 5.28. The summed E-state index contributed by atoms with van der Waals surface area (Å²) in [6.45, 7) is 2.55. The van der Waals surface area contributed by atoms with E-state index >= 15 is 0 Å². The molecule has 0 bridgehead atoms. The van der Waals surface area contributed by atoms with E-state index in [0.29, 0.717) is 23.3 Å². The number of benzene rings is 3. The zero-order chi connectivity index (χ0) is 20.8. The summed E-state index contributed by atoms with van der Waals surface area (Å²) < 4.78 is 11.1. The summed E-state index contributed by atoms with van der Waals surface area (Å²) >= 11 is 1.24. The van der Waals surface area contributed by atoms with Gasteiger partial charge in [0.25, 0.3) is 5.22 Å². The maximum Gasteiger partial charge on any atom is 0.277 e. The molecule has 0 aliphatic heterocycles. The number of thioether (sulfide) groups is 1. The lowest BCUT2D eigenvalue weighted by molar-refractivity contribution is 0.102. The second-order valence-electron chi connectivity index (χ2n) is 6.49. The molecular weight excluding hydrogens is 396 g/mol. The van der Waals surface area contributed by atoms with Crippen molar-refractivity contribution < 1.29 is 13.9 Å². The first-order chi connectivity index (χ1) is 14.7. The van der Waals surface area contributed by atoms with Crippen LogP contribution in [0.2, 0.25) is 0 Å². The molecule has 0 spiro atoms. The second-order valence-corrected chi connectivity index (χ2v) is 7.41. The van der Waals surface area contributed by atoms with Crippen molar-refractivity contribution >= 4 is 17.5 Å². The average Bonchev–Trinajstić information content (AvgIpc) is 3.28. The van der Waals surface area contributed by atoms with Gasteiger partial charge in [0, 0.05) is 11.1 Å². The van der Waals surface area contributed by atoms with Gasteiger partial charge in [-0.2, -0.15) is 0 Å². The van der Waals surface area contributed by atoms with E-state index in [1.54, 1.807) is 0 Å². The molecule has 6 heteroatoms. The summed E-state index contributed by atoms with van der Waals surface area (Å²) in [7, 11) is 0. The maximum atomic E-state index is 12.5. The van der Waals surface area contributed by atoms with Crippen molar-refractivity contribution in [2.24, 2.45) is 0 Å². The van der Waals surface area contributed by atoms with E-state index in [9.17, 15) is 4.79 Å². The molecule has 0 unspecified atom stereocenters. The molecule has 1 heterocycles. The minimum absolute atomic E-state index is 0.0143. The Hall–Kier alpha value is -3.38. The van der Waals surface area contributed by atoms with Crippen molar-refractivity contribution in [1.82, 2.24) is 10.2 Å². The Kier molecular flexibility index (Phi) is 6.25. The number of carbonyl (C=O) groups is 1. The van der Waals surface area contributed by atoms with Crippen LogP contribution in [0.4, 0.5) is 0 Å². The topological polar surface area (TPSA) is 65.2 Å². The fourth-order valence-electron chi connectivity index (χ4n) is 2.93. The lowest BCUT2D eigenvalue weighted by Gasteiger charge is -2.03. The molecule has 150 valence electrons. The van der Waals surface area contributed by atoms with Crippen LogP contribution in [0.25, 0.3) is 22.6 Å². The first-order valence-electron chi connectivity index (χ1n) is 9.61. The predicted octanol–water partition coefficient (Wildman–Crippen LogP) is 5.78. The van der Waals surface area contributed by atoms with Gasteiger partial charge >= 0.3 is 0 Å². The van der Waals surface area contributed by atoms with Crippen LogP contribution in [0.3, 0.4) is 0 Å². The Labute approximate surface area is 179 Å². The second kappa shape index (κ2) is 9.41. The quantitative estimate of drug-likeness (QED) is 0.268. The Morgan fingerprint density at radius 3 is 2.23 bits per heavy atom. The van der Waals surface area contributed by atoms with Crippen molar-refractivity contribution in [2.45, 2.75) is 12.1 Å². The minimum atomic E-state index is 0.0143. The smallest absolute Gasteiger partial charge is 0.277 e. The molecule has 0 saturated heterocycles. The zero-order valence-corrected chi connectivity index (χ0v) is 17.3. The molecule has 0 radical (unpaired) electrons. The Balaban J connectivity index is 1.36.